The number of aromatic nitrogens is 1. The van der Waals surface area contributed by atoms with Gasteiger partial charge >= 0.3 is 6.36 Å². The van der Waals surface area contributed by atoms with Crippen LogP contribution in [0.15, 0.2) is 42.6 Å². The molecule has 2 aromatic rings. The summed E-state index contributed by atoms with van der Waals surface area (Å²) in [6, 6.07) is 9.72. The van der Waals surface area contributed by atoms with Gasteiger partial charge in [0.25, 0.3) is 0 Å². The number of ether oxygens (including phenoxy) is 2. The van der Waals surface area contributed by atoms with Gasteiger partial charge in [0, 0.05) is 12.3 Å². The summed E-state index contributed by atoms with van der Waals surface area (Å²) in [7, 11) is 0. The molecule has 2 rings (SSSR count). The summed E-state index contributed by atoms with van der Waals surface area (Å²) in [5.74, 6) is 0.341. The van der Waals surface area contributed by atoms with Gasteiger partial charge in [-0.3, -0.25) is 0 Å². The van der Waals surface area contributed by atoms with E-state index in [4.69, 9.17) is 10.00 Å². The van der Waals surface area contributed by atoms with Crippen LogP contribution in [0.4, 0.5) is 13.2 Å². The van der Waals surface area contributed by atoms with Crippen LogP contribution in [0.3, 0.4) is 0 Å². The molecule has 0 spiro atoms. The van der Waals surface area contributed by atoms with Crippen molar-refractivity contribution in [3.05, 3.63) is 48.3 Å². The number of alkyl halides is 3. The summed E-state index contributed by atoms with van der Waals surface area (Å²) >= 11 is 0. The van der Waals surface area contributed by atoms with Gasteiger partial charge in [-0.2, -0.15) is 5.26 Å². The van der Waals surface area contributed by atoms with Crippen molar-refractivity contribution < 1.29 is 22.6 Å². The van der Waals surface area contributed by atoms with Gasteiger partial charge in [0.1, 0.15) is 29.0 Å². The zero-order valence-corrected chi connectivity index (χ0v) is 9.89. The average molecular weight is 280 g/mol. The fourth-order valence-corrected chi connectivity index (χ4v) is 1.38. The molecule has 0 bridgehead atoms. The fraction of sp³-hybridized carbons (Fsp3) is 0.0769. The van der Waals surface area contributed by atoms with Crippen molar-refractivity contribution in [3.8, 4) is 23.3 Å². The van der Waals surface area contributed by atoms with E-state index in [0.29, 0.717) is 11.5 Å². The second kappa shape index (κ2) is 5.48. The quantitative estimate of drug-likeness (QED) is 0.861. The van der Waals surface area contributed by atoms with Crippen LogP contribution in [0, 0.1) is 11.3 Å². The Labute approximate surface area is 112 Å². The smallest absolute Gasteiger partial charge is 0.457 e. The molecule has 0 unspecified atom stereocenters. The van der Waals surface area contributed by atoms with Gasteiger partial charge < -0.3 is 9.47 Å². The minimum Gasteiger partial charge on any atom is -0.457 e. The third-order valence-corrected chi connectivity index (χ3v) is 2.14. The summed E-state index contributed by atoms with van der Waals surface area (Å²) in [6.45, 7) is 0. The van der Waals surface area contributed by atoms with Gasteiger partial charge in [-0.15, -0.1) is 13.2 Å². The molecule has 0 saturated heterocycles. The highest BCUT2D eigenvalue weighted by molar-refractivity contribution is 5.37. The Morgan fingerprint density at radius 3 is 2.25 bits per heavy atom. The number of pyridine rings is 1. The third kappa shape index (κ3) is 3.88. The van der Waals surface area contributed by atoms with E-state index in [0.717, 1.165) is 12.1 Å². The summed E-state index contributed by atoms with van der Waals surface area (Å²) in [6.07, 6.45) is -3.33. The average Bonchev–Trinajstić information content (AvgIpc) is 2.40. The molecule has 1 heterocycles. The van der Waals surface area contributed by atoms with E-state index in [9.17, 15) is 13.2 Å². The molecular weight excluding hydrogens is 273 g/mol. The molecule has 0 amide bonds. The SMILES string of the molecule is N#Cc1cc(Oc2ccc(OC(F)(F)F)cc2)ccn1. The highest BCUT2D eigenvalue weighted by Crippen LogP contribution is 2.27. The number of benzene rings is 1. The summed E-state index contributed by atoms with van der Waals surface area (Å²) < 4.78 is 45.1. The van der Waals surface area contributed by atoms with Crippen molar-refractivity contribution in [2.45, 2.75) is 6.36 Å². The van der Waals surface area contributed by atoms with Crippen molar-refractivity contribution in [1.82, 2.24) is 4.98 Å². The van der Waals surface area contributed by atoms with Gasteiger partial charge in [0.2, 0.25) is 0 Å². The van der Waals surface area contributed by atoms with Crippen molar-refractivity contribution in [3.63, 3.8) is 0 Å². The molecule has 0 atom stereocenters. The Kier molecular flexibility index (Phi) is 3.75. The lowest BCUT2D eigenvalue weighted by molar-refractivity contribution is -0.274. The largest absolute Gasteiger partial charge is 0.573 e. The summed E-state index contributed by atoms with van der Waals surface area (Å²) in [5.41, 5.74) is 0.180. The van der Waals surface area contributed by atoms with Crippen molar-refractivity contribution in [2.75, 3.05) is 0 Å². The van der Waals surface area contributed by atoms with Gasteiger partial charge in [-0.05, 0) is 30.3 Å². The maximum atomic E-state index is 12.0. The Morgan fingerprint density at radius 1 is 1.00 bits per heavy atom. The Balaban J connectivity index is 2.09. The van der Waals surface area contributed by atoms with E-state index in [-0.39, 0.29) is 11.4 Å². The lowest BCUT2D eigenvalue weighted by Crippen LogP contribution is -2.16. The Bertz CT molecular complexity index is 633. The third-order valence-electron chi connectivity index (χ3n) is 2.14. The van der Waals surface area contributed by atoms with Gasteiger partial charge in [-0.25, -0.2) is 4.98 Å². The van der Waals surface area contributed by atoms with Crippen LogP contribution in [-0.4, -0.2) is 11.3 Å². The van der Waals surface area contributed by atoms with Crippen LogP contribution in [-0.2, 0) is 0 Å². The molecule has 0 fully saturated rings. The van der Waals surface area contributed by atoms with Crippen LogP contribution in [0.5, 0.6) is 17.2 Å². The predicted molar refractivity (Wildman–Crippen MR) is 62.2 cm³/mol. The highest BCUT2D eigenvalue weighted by atomic mass is 19.4. The van der Waals surface area contributed by atoms with Crippen molar-refractivity contribution in [2.24, 2.45) is 0 Å². The maximum absolute atomic E-state index is 12.0. The Hall–Kier alpha value is -2.75. The van der Waals surface area contributed by atoms with Gasteiger partial charge in [0.15, 0.2) is 0 Å². The van der Waals surface area contributed by atoms with E-state index in [2.05, 4.69) is 9.72 Å². The van der Waals surface area contributed by atoms with Crippen LogP contribution < -0.4 is 9.47 Å². The first-order valence-corrected chi connectivity index (χ1v) is 5.36. The summed E-state index contributed by atoms with van der Waals surface area (Å²) in [4.78, 5) is 3.77. The maximum Gasteiger partial charge on any atom is 0.573 e. The van der Waals surface area contributed by atoms with Crippen LogP contribution in [0.25, 0.3) is 0 Å². The lowest BCUT2D eigenvalue weighted by Gasteiger charge is -2.10. The molecule has 102 valence electrons. The number of hydrogen-bond donors (Lipinski definition) is 0. The molecule has 0 aliphatic carbocycles. The van der Waals surface area contributed by atoms with E-state index >= 15 is 0 Å². The van der Waals surface area contributed by atoms with E-state index in [1.54, 1.807) is 0 Å². The fourth-order valence-electron chi connectivity index (χ4n) is 1.38. The first-order valence-electron chi connectivity index (χ1n) is 5.36. The lowest BCUT2D eigenvalue weighted by atomic mass is 10.3. The zero-order chi connectivity index (χ0) is 14.6. The van der Waals surface area contributed by atoms with Gasteiger partial charge in [0.05, 0.1) is 0 Å². The number of halogens is 3. The molecule has 0 aliphatic rings. The van der Waals surface area contributed by atoms with Crippen LogP contribution in [0.2, 0.25) is 0 Å². The molecule has 1 aromatic heterocycles. The highest BCUT2D eigenvalue weighted by Gasteiger charge is 2.30. The number of nitriles is 1. The predicted octanol–water partition coefficient (Wildman–Crippen LogP) is 3.64. The van der Waals surface area contributed by atoms with E-state index in [1.165, 1.54) is 30.5 Å². The number of nitrogens with zero attached hydrogens (tertiary/aromatic N) is 2. The second-order valence-electron chi connectivity index (χ2n) is 3.61. The first-order chi connectivity index (χ1) is 9.46. The molecule has 4 nitrogen and oxygen atoms in total. The Morgan fingerprint density at radius 2 is 1.65 bits per heavy atom. The van der Waals surface area contributed by atoms with E-state index < -0.39 is 6.36 Å². The molecule has 0 aliphatic heterocycles. The molecule has 1 aromatic carbocycles. The molecule has 0 saturated carbocycles. The van der Waals surface area contributed by atoms with Crippen molar-refractivity contribution >= 4 is 0 Å². The topological polar surface area (TPSA) is 55.1 Å². The monoisotopic (exact) mass is 280 g/mol. The van der Waals surface area contributed by atoms with Crippen LogP contribution >= 0.6 is 0 Å². The van der Waals surface area contributed by atoms with Crippen molar-refractivity contribution in [1.29, 1.82) is 5.26 Å². The van der Waals surface area contributed by atoms with E-state index in [1.807, 2.05) is 6.07 Å². The second-order valence-corrected chi connectivity index (χ2v) is 3.61. The molecule has 7 heteroatoms. The minimum atomic E-state index is -4.73. The summed E-state index contributed by atoms with van der Waals surface area (Å²) in [5, 5.41) is 8.68. The molecule has 0 radical (unpaired) electrons. The van der Waals surface area contributed by atoms with Gasteiger partial charge in [-0.1, -0.05) is 0 Å². The van der Waals surface area contributed by atoms with Crippen LogP contribution in [0.1, 0.15) is 5.69 Å². The molecule has 20 heavy (non-hydrogen) atoms. The minimum absolute atomic E-state index is 0.180. The molecular formula is C13H7F3N2O2. The number of rotatable bonds is 3. The molecule has 0 N–H and O–H groups in total. The normalized spacial score (nSPS) is 10.7. The first kappa shape index (κ1) is 13.7. The standard InChI is InChI=1S/C13H7F3N2O2/c14-13(15,16)20-11-3-1-10(2-4-11)19-12-5-6-18-9(7-12)8-17/h1-7H. The zero-order valence-electron chi connectivity index (χ0n) is 9.89. The number of hydrogen-bond acceptors (Lipinski definition) is 4.